The summed E-state index contributed by atoms with van der Waals surface area (Å²) in [6.45, 7) is 8.35. The maximum Gasteiger partial charge on any atom is 0.325 e. The lowest BCUT2D eigenvalue weighted by atomic mass is 9.90. The van der Waals surface area contributed by atoms with Crippen molar-refractivity contribution in [1.82, 2.24) is 15.1 Å². The van der Waals surface area contributed by atoms with Gasteiger partial charge in [-0.15, -0.1) is 0 Å². The largest absolute Gasteiger partial charge is 0.454 e. The van der Waals surface area contributed by atoms with Crippen LogP contribution < -0.4 is 14.8 Å². The zero-order chi connectivity index (χ0) is 23.8. The molecule has 0 bridgehead atoms. The van der Waals surface area contributed by atoms with Crippen molar-refractivity contribution in [3.63, 3.8) is 0 Å². The van der Waals surface area contributed by atoms with E-state index in [-0.39, 0.29) is 19.2 Å². The van der Waals surface area contributed by atoms with Crippen LogP contribution in [-0.2, 0) is 21.7 Å². The Morgan fingerprint density at radius 1 is 1.12 bits per heavy atom. The summed E-state index contributed by atoms with van der Waals surface area (Å²) in [4.78, 5) is 41.5. The number of carbonyl (C=O) groups is 3. The van der Waals surface area contributed by atoms with Crippen molar-refractivity contribution in [2.45, 2.75) is 45.7 Å². The molecule has 0 spiro atoms. The molecule has 8 nitrogen and oxygen atoms in total. The van der Waals surface area contributed by atoms with E-state index in [1.807, 2.05) is 49.4 Å². The molecule has 1 unspecified atom stereocenters. The van der Waals surface area contributed by atoms with Gasteiger partial charge in [0.15, 0.2) is 11.5 Å². The quantitative estimate of drug-likeness (QED) is 0.653. The SMILES string of the molecule is CCN(Cc1ccc2c(c1)OCO2)C(=O)CN1C(=O)NC(C)(c2ccc(C(C)C)cc2)C1=O. The highest BCUT2D eigenvalue weighted by molar-refractivity contribution is 6.09. The van der Waals surface area contributed by atoms with Gasteiger partial charge in [0, 0.05) is 13.1 Å². The van der Waals surface area contributed by atoms with Crippen LogP contribution in [0.25, 0.3) is 0 Å². The summed E-state index contributed by atoms with van der Waals surface area (Å²) in [6, 6.07) is 12.6. The molecular weight excluding hydrogens is 422 g/mol. The summed E-state index contributed by atoms with van der Waals surface area (Å²) in [5.74, 6) is 0.938. The molecule has 2 heterocycles. The molecule has 33 heavy (non-hydrogen) atoms. The molecule has 2 aliphatic rings. The molecule has 174 valence electrons. The molecule has 0 aromatic heterocycles. The molecule has 1 saturated heterocycles. The van der Waals surface area contributed by atoms with Crippen LogP contribution in [0.15, 0.2) is 42.5 Å². The third-order valence-corrected chi connectivity index (χ3v) is 6.27. The maximum absolute atomic E-state index is 13.2. The average Bonchev–Trinajstić information content (AvgIpc) is 3.35. The molecule has 4 amide bonds. The Hall–Kier alpha value is -3.55. The van der Waals surface area contributed by atoms with Crippen molar-refractivity contribution in [1.29, 1.82) is 0 Å². The van der Waals surface area contributed by atoms with E-state index in [0.717, 1.165) is 16.0 Å². The van der Waals surface area contributed by atoms with Crippen LogP contribution in [0.4, 0.5) is 4.79 Å². The molecule has 2 aromatic carbocycles. The Balaban J connectivity index is 1.46. The molecule has 4 rings (SSSR count). The maximum atomic E-state index is 13.2. The minimum Gasteiger partial charge on any atom is -0.454 e. The van der Waals surface area contributed by atoms with Crippen molar-refractivity contribution in [2.24, 2.45) is 0 Å². The second-order valence-corrected chi connectivity index (χ2v) is 8.82. The van der Waals surface area contributed by atoms with E-state index in [2.05, 4.69) is 19.2 Å². The van der Waals surface area contributed by atoms with Gasteiger partial charge in [0.1, 0.15) is 12.1 Å². The van der Waals surface area contributed by atoms with E-state index in [1.54, 1.807) is 11.8 Å². The van der Waals surface area contributed by atoms with Crippen LogP contribution >= 0.6 is 0 Å². The molecule has 0 saturated carbocycles. The third-order valence-electron chi connectivity index (χ3n) is 6.27. The van der Waals surface area contributed by atoms with Gasteiger partial charge in [0.2, 0.25) is 12.7 Å². The van der Waals surface area contributed by atoms with Crippen LogP contribution in [0, 0.1) is 0 Å². The van der Waals surface area contributed by atoms with Gasteiger partial charge in [-0.3, -0.25) is 14.5 Å². The second-order valence-electron chi connectivity index (χ2n) is 8.82. The number of likely N-dealkylation sites (N-methyl/N-ethyl adjacent to an activating group) is 1. The van der Waals surface area contributed by atoms with E-state index in [9.17, 15) is 14.4 Å². The van der Waals surface area contributed by atoms with E-state index in [0.29, 0.717) is 36.1 Å². The zero-order valence-electron chi connectivity index (χ0n) is 19.4. The van der Waals surface area contributed by atoms with Gasteiger partial charge in [-0.05, 0) is 48.6 Å². The van der Waals surface area contributed by atoms with Crippen LogP contribution in [0.5, 0.6) is 11.5 Å². The van der Waals surface area contributed by atoms with Crippen molar-refractivity contribution in [3.8, 4) is 11.5 Å². The number of benzene rings is 2. The van der Waals surface area contributed by atoms with E-state index >= 15 is 0 Å². The lowest BCUT2D eigenvalue weighted by molar-refractivity contribution is -0.139. The molecule has 1 fully saturated rings. The Kier molecular flexibility index (Phi) is 6.01. The normalized spacial score (nSPS) is 19.2. The van der Waals surface area contributed by atoms with Crippen LogP contribution in [0.3, 0.4) is 0 Å². The smallest absolute Gasteiger partial charge is 0.325 e. The standard InChI is InChI=1S/C25H29N3O5/c1-5-27(13-17-6-11-20-21(12-17)33-15-32-20)22(29)14-28-23(30)25(4,26-24(28)31)19-9-7-18(8-10-19)16(2)3/h6-12,16H,5,13-15H2,1-4H3,(H,26,31). The molecule has 2 aliphatic heterocycles. The van der Waals surface area contributed by atoms with Crippen molar-refractivity contribution in [3.05, 3.63) is 59.2 Å². The van der Waals surface area contributed by atoms with Gasteiger partial charge in [0.25, 0.3) is 5.91 Å². The number of hydrogen-bond acceptors (Lipinski definition) is 5. The number of hydrogen-bond donors (Lipinski definition) is 1. The monoisotopic (exact) mass is 451 g/mol. The Labute approximate surface area is 193 Å². The topological polar surface area (TPSA) is 88.2 Å². The molecule has 8 heteroatoms. The molecule has 1 N–H and O–H groups in total. The second kappa shape index (κ2) is 8.77. The van der Waals surface area contributed by atoms with Gasteiger partial charge in [-0.2, -0.15) is 0 Å². The lowest BCUT2D eigenvalue weighted by Crippen LogP contribution is -2.44. The summed E-state index contributed by atoms with van der Waals surface area (Å²) in [5.41, 5.74) is 1.50. The van der Waals surface area contributed by atoms with Crippen molar-refractivity contribution in [2.75, 3.05) is 19.9 Å². The van der Waals surface area contributed by atoms with Gasteiger partial charge < -0.3 is 19.7 Å². The zero-order valence-corrected chi connectivity index (χ0v) is 19.4. The number of nitrogens with zero attached hydrogens (tertiary/aromatic N) is 2. The number of ether oxygens (including phenoxy) is 2. The summed E-state index contributed by atoms with van der Waals surface area (Å²) < 4.78 is 10.7. The minimum atomic E-state index is -1.21. The fourth-order valence-electron chi connectivity index (χ4n) is 4.11. The van der Waals surface area contributed by atoms with Crippen molar-refractivity contribution < 1.29 is 23.9 Å². The predicted octanol–water partition coefficient (Wildman–Crippen LogP) is 3.35. The van der Waals surface area contributed by atoms with E-state index < -0.39 is 17.5 Å². The van der Waals surface area contributed by atoms with Crippen LogP contribution in [0.2, 0.25) is 0 Å². The average molecular weight is 452 g/mol. The van der Waals surface area contributed by atoms with Crippen LogP contribution in [0.1, 0.15) is 50.3 Å². The van der Waals surface area contributed by atoms with Gasteiger partial charge in [-0.1, -0.05) is 44.2 Å². The fourth-order valence-corrected chi connectivity index (χ4v) is 4.11. The first kappa shape index (κ1) is 22.6. The summed E-state index contributed by atoms with van der Waals surface area (Å²) >= 11 is 0. The third kappa shape index (κ3) is 4.25. The van der Waals surface area contributed by atoms with Crippen LogP contribution in [-0.4, -0.2) is 47.5 Å². The molecule has 1 atom stereocenters. The summed E-state index contributed by atoms with van der Waals surface area (Å²) in [6.07, 6.45) is 0. The van der Waals surface area contributed by atoms with Gasteiger partial charge >= 0.3 is 6.03 Å². The van der Waals surface area contributed by atoms with E-state index in [4.69, 9.17) is 9.47 Å². The molecule has 2 aromatic rings. The summed E-state index contributed by atoms with van der Waals surface area (Å²) in [7, 11) is 0. The van der Waals surface area contributed by atoms with Crippen molar-refractivity contribution >= 4 is 17.8 Å². The number of urea groups is 1. The predicted molar refractivity (Wildman–Crippen MR) is 122 cm³/mol. The number of rotatable bonds is 7. The minimum absolute atomic E-state index is 0.181. The number of carbonyl (C=O) groups excluding carboxylic acids is 3. The fraction of sp³-hybridized carbons (Fsp3) is 0.400. The number of fused-ring (bicyclic) bond motifs is 1. The van der Waals surface area contributed by atoms with Gasteiger partial charge in [-0.25, -0.2) is 4.79 Å². The van der Waals surface area contributed by atoms with Gasteiger partial charge in [0.05, 0.1) is 0 Å². The number of amides is 4. The number of nitrogens with one attached hydrogen (secondary N) is 1. The van der Waals surface area contributed by atoms with E-state index in [1.165, 1.54) is 0 Å². The Bertz CT molecular complexity index is 1080. The molecule has 0 radical (unpaired) electrons. The highest BCUT2D eigenvalue weighted by atomic mass is 16.7. The highest BCUT2D eigenvalue weighted by Crippen LogP contribution is 2.33. The Morgan fingerprint density at radius 2 is 1.82 bits per heavy atom. The Morgan fingerprint density at radius 3 is 2.48 bits per heavy atom. The first-order valence-electron chi connectivity index (χ1n) is 11.1. The molecular formula is C25H29N3O5. The lowest BCUT2D eigenvalue weighted by Gasteiger charge is -2.25. The highest BCUT2D eigenvalue weighted by Gasteiger charge is 2.49. The first-order chi connectivity index (χ1) is 15.7. The number of imide groups is 1. The summed E-state index contributed by atoms with van der Waals surface area (Å²) in [5, 5.41) is 2.77. The molecule has 0 aliphatic carbocycles. The first-order valence-corrected chi connectivity index (χ1v) is 11.1.